The van der Waals surface area contributed by atoms with E-state index in [1.165, 1.54) is 0 Å². The van der Waals surface area contributed by atoms with E-state index in [0.29, 0.717) is 13.0 Å². The van der Waals surface area contributed by atoms with Crippen LogP contribution in [0.15, 0.2) is 36.7 Å². The highest BCUT2D eigenvalue weighted by molar-refractivity contribution is 5.99. The summed E-state index contributed by atoms with van der Waals surface area (Å²) in [6.45, 7) is 2.59. The Labute approximate surface area is 117 Å². The molecule has 2 heterocycles. The largest absolute Gasteiger partial charge is 0.494 e. The molecule has 2 aromatic rings. The van der Waals surface area contributed by atoms with Crippen molar-refractivity contribution in [3.8, 4) is 16.9 Å². The number of carbonyl (C=O) groups excluding carboxylic acids is 1. The Bertz CT molecular complexity index is 638. The van der Waals surface area contributed by atoms with Crippen LogP contribution in [0.4, 0.5) is 5.69 Å². The SMILES string of the molecule is CCOc1cc2c(c(-c3cccnc3)c1)NC(=O)CC2. The third kappa shape index (κ3) is 2.37. The molecule has 0 aliphatic carbocycles. The Hall–Kier alpha value is -2.36. The summed E-state index contributed by atoms with van der Waals surface area (Å²) in [6, 6.07) is 7.85. The van der Waals surface area contributed by atoms with Crippen LogP contribution in [0.5, 0.6) is 5.75 Å². The molecule has 0 spiro atoms. The maximum absolute atomic E-state index is 11.7. The number of hydrogen-bond donors (Lipinski definition) is 1. The van der Waals surface area contributed by atoms with Crippen LogP contribution < -0.4 is 10.1 Å². The first-order valence-electron chi connectivity index (χ1n) is 6.78. The average molecular weight is 268 g/mol. The van der Waals surface area contributed by atoms with Gasteiger partial charge in [0.05, 0.1) is 12.3 Å². The Balaban J connectivity index is 2.15. The van der Waals surface area contributed by atoms with Gasteiger partial charge >= 0.3 is 0 Å². The number of rotatable bonds is 3. The first-order valence-corrected chi connectivity index (χ1v) is 6.78. The number of nitrogens with one attached hydrogen (secondary N) is 1. The molecule has 0 radical (unpaired) electrons. The predicted octanol–water partition coefficient (Wildman–Crippen LogP) is 3.03. The van der Waals surface area contributed by atoms with E-state index in [1.807, 2.05) is 31.2 Å². The van der Waals surface area contributed by atoms with Crippen molar-refractivity contribution in [3.63, 3.8) is 0 Å². The lowest BCUT2D eigenvalue weighted by molar-refractivity contribution is -0.116. The van der Waals surface area contributed by atoms with Crippen molar-refractivity contribution >= 4 is 11.6 Å². The van der Waals surface area contributed by atoms with E-state index in [0.717, 1.165) is 34.5 Å². The van der Waals surface area contributed by atoms with E-state index in [1.54, 1.807) is 12.4 Å². The van der Waals surface area contributed by atoms with Gasteiger partial charge in [-0.2, -0.15) is 0 Å². The number of pyridine rings is 1. The summed E-state index contributed by atoms with van der Waals surface area (Å²) in [4.78, 5) is 15.8. The molecule has 102 valence electrons. The van der Waals surface area contributed by atoms with Crippen LogP contribution in [0, 0.1) is 0 Å². The zero-order valence-corrected chi connectivity index (χ0v) is 11.3. The summed E-state index contributed by atoms with van der Waals surface area (Å²) in [5.74, 6) is 0.896. The number of carbonyl (C=O) groups is 1. The molecule has 0 fully saturated rings. The molecule has 1 aromatic carbocycles. The van der Waals surface area contributed by atoms with Gasteiger partial charge in [0.15, 0.2) is 0 Å². The maximum atomic E-state index is 11.7. The topological polar surface area (TPSA) is 51.2 Å². The van der Waals surface area contributed by atoms with Crippen LogP contribution in [0.25, 0.3) is 11.1 Å². The van der Waals surface area contributed by atoms with E-state index in [9.17, 15) is 4.79 Å². The molecule has 0 unspecified atom stereocenters. The van der Waals surface area contributed by atoms with Crippen molar-refractivity contribution in [2.75, 3.05) is 11.9 Å². The van der Waals surface area contributed by atoms with Gasteiger partial charge in [0.2, 0.25) is 5.91 Å². The standard InChI is InChI=1S/C16H16N2O2/c1-2-20-13-8-11-5-6-15(19)18-16(11)14(9-13)12-4-3-7-17-10-12/h3-4,7-10H,2,5-6H2,1H3,(H,18,19). The molecular weight excluding hydrogens is 252 g/mol. The maximum Gasteiger partial charge on any atom is 0.224 e. The van der Waals surface area contributed by atoms with Crippen molar-refractivity contribution in [2.45, 2.75) is 19.8 Å². The second kappa shape index (κ2) is 5.33. The number of aryl methyl sites for hydroxylation is 1. The normalized spacial score (nSPS) is 13.6. The molecule has 3 rings (SSSR count). The molecule has 1 aromatic heterocycles. The molecule has 1 amide bonds. The lowest BCUT2D eigenvalue weighted by atomic mass is 9.95. The van der Waals surface area contributed by atoms with Gasteiger partial charge in [-0.1, -0.05) is 6.07 Å². The third-order valence-corrected chi connectivity index (χ3v) is 3.36. The molecule has 4 heteroatoms. The van der Waals surface area contributed by atoms with Crippen LogP contribution in [0.2, 0.25) is 0 Å². The minimum absolute atomic E-state index is 0.0619. The molecule has 0 saturated heterocycles. The van der Waals surface area contributed by atoms with Crippen LogP contribution in [-0.2, 0) is 11.2 Å². The van der Waals surface area contributed by atoms with Gasteiger partial charge in [-0.3, -0.25) is 9.78 Å². The highest BCUT2D eigenvalue weighted by Gasteiger charge is 2.20. The van der Waals surface area contributed by atoms with E-state index in [4.69, 9.17) is 4.74 Å². The van der Waals surface area contributed by atoms with Crippen LogP contribution >= 0.6 is 0 Å². The minimum atomic E-state index is 0.0619. The van der Waals surface area contributed by atoms with Gasteiger partial charge in [-0.15, -0.1) is 0 Å². The predicted molar refractivity (Wildman–Crippen MR) is 77.8 cm³/mol. The lowest BCUT2D eigenvalue weighted by Gasteiger charge is -2.21. The first-order chi connectivity index (χ1) is 9.78. The van der Waals surface area contributed by atoms with E-state index in [-0.39, 0.29) is 5.91 Å². The average Bonchev–Trinajstić information content (AvgIpc) is 2.48. The highest BCUT2D eigenvalue weighted by Crippen LogP contribution is 2.37. The highest BCUT2D eigenvalue weighted by atomic mass is 16.5. The summed E-state index contributed by atoms with van der Waals surface area (Å²) in [5.41, 5.74) is 3.95. The number of nitrogens with zero attached hydrogens (tertiary/aromatic N) is 1. The third-order valence-electron chi connectivity index (χ3n) is 3.36. The molecule has 0 bridgehead atoms. The van der Waals surface area contributed by atoms with Crippen molar-refractivity contribution in [3.05, 3.63) is 42.2 Å². The number of amides is 1. The van der Waals surface area contributed by atoms with Gasteiger partial charge in [-0.25, -0.2) is 0 Å². The van der Waals surface area contributed by atoms with Gasteiger partial charge < -0.3 is 10.1 Å². The number of hydrogen-bond acceptors (Lipinski definition) is 3. The summed E-state index contributed by atoms with van der Waals surface area (Å²) in [7, 11) is 0. The monoisotopic (exact) mass is 268 g/mol. The fraction of sp³-hybridized carbons (Fsp3) is 0.250. The quantitative estimate of drug-likeness (QED) is 0.930. The second-order valence-electron chi connectivity index (χ2n) is 4.73. The van der Waals surface area contributed by atoms with Crippen LogP contribution in [0.3, 0.4) is 0 Å². The van der Waals surface area contributed by atoms with Crippen molar-refractivity contribution in [1.82, 2.24) is 4.98 Å². The molecule has 1 N–H and O–H groups in total. The number of anilines is 1. The van der Waals surface area contributed by atoms with Gasteiger partial charge in [0.25, 0.3) is 0 Å². The zero-order valence-electron chi connectivity index (χ0n) is 11.3. The van der Waals surface area contributed by atoms with Gasteiger partial charge in [0.1, 0.15) is 5.75 Å². The first kappa shape index (κ1) is 12.7. The number of benzene rings is 1. The van der Waals surface area contributed by atoms with Gasteiger partial charge in [0, 0.05) is 29.9 Å². The summed E-state index contributed by atoms with van der Waals surface area (Å²) in [5, 5.41) is 2.97. The number of fused-ring (bicyclic) bond motifs is 1. The smallest absolute Gasteiger partial charge is 0.224 e. The summed E-state index contributed by atoms with van der Waals surface area (Å²) >= 11 is 0. The van der Waals surface area contributed by atoms with Crippen molar-refractivity contribution < 1.29 is 9.53 Å². The van der Waals surface area contributed by atoms with Crippen molar-refractivity contribution in [1.29, 1.82) is 0 Å². The Morgan fingerprint density at radius 2 is 2.25 bits per heavy atom. The molecular formula is C16H16N2O2. The van der Waals surface area contributed by atoms with E-state index >= 15 is 0 Å². The molecule has 0 atom stereocenters. The number of ether oxygens (including phenoxy) is 1. The fourth-order valence-electron chi connectivity index (χ4n) is 2.47. The Morgan fingerprint density at radius 1 is 1.35 bits per heavy atom. The van der Waals surface area contributed by atoms with Crippen LogP contribution in [0.1, 0.15) is 18.9 Å². The fourth-order valence-corrected chi connectivity index (χ4v) is 2.47. The van der Waals surface area contributed by atoms with Gasteiger partial charge in [-0.05, 0) is 37.1 Å². The molecule has 0 saturated carbocycles. The summed E-state index contributed by atoms with van der Waals surface area (Å²) < 4.78 is 5.63. The minimum Gasteiger partial charge on any atom is -0.494 e. The molecule has 4 nitrogen and oxygen atoms in total. The van der Waals surface area contributed by atoms with E-state index in [2.05, 4.69) is 10.3 Å². The van der Waals surface area contributed by atoms with E-state index < -0.39 is 0 Å². The zero-order chi connectivity index (χ0) is 13.9. The summed E-state index contributed by atoms with van der Waals surface area (Å²) in [6.07, 6.45) is 4.80. The Morgan fingerprint density at radius 3 is 3.00 bits per heavy atom. The molecule has 1 aliphatic rings. The number of aromatic nitrogens is 1. The molecule has 1 aliphatic heterocycles. The van der Waals surface area contributed by atoms with Crippen molar-refractivity contribution in [2.24, 2.45) is 0 Å². The lowest BCUT2D eigenvalue weighted by Crippen LogP contribution is -2.19. The second-order valence-corrected chi connectivity index (χ2v) is 4.73. The van der Waals surface area contributed by atoms with Crippen LogP contribution in [-0.4, -0.2) is 17.5 Å². The molecule has 20 heavy (non-hydrogen) atoms. The Kier molecular flexibility index (Phi) is 3.37.